The van der Waals surface area contributed by atoms with E-state index >= 15 is 0 Å². The Morgan fingerprint density at radius 3 is 2.29 bits per heavy atom. The lowest BCUT2D eigenvalue weighted by molar-refractivity contribution is -0.873. The zero-order valence-electron chi connectivity index (χ0n) is 9.42. The summed E-state index contributed by atoms with van der Waals surface area (Å²) in [7, 11) is 6.22. The fraction of sp³-hybridized carbons (Fsp3) is 0.700. The van der Waals surface area contributed by atoms with Gasteiger partial charge in [-0.2, -0.15) is 0 Å². The van der Waals surface area contributed by atoms with E-state index < -0.39 is 0 Å². The molecule has 0 saturated carbocycles. The van der Waals surface area contributed by atoms with Crippen molar-refractivity contribution in [2.75, 3.05) is 27.7 Å². The Labute approximate surface area is 104 Å². The van der Waals surface area contributed by atoms with Gasteiger partial charge in [0.15, 0.2) is 6.10 Å². The van der Waals surface area contributed by atoms with E-state index in [9.17, 15) is 4.79 Å². The highest BCUT2D eigenvalue weighted by Crippen LogP contribution is 2.04. The highest BCUT2D eigenvalue weighted by molar-refractivity contribution is 5.81. The van der Waals surface area contributed by atoms with Crippen LogP contribution in [0.1, 0.15) is 13.3 Å². The molecule has 1 unspecified atom stereocenters. The van der Waals surface area contributed by atoms with Crippen LogP contribution in [0.4, 0.5) is 0 Å². The van der Waals surface area contributed by atoms with Crippen LogP contribution in [0.2, 0.25) is 0 Å². The van der Waals surface area contributed by atoms with Crippen molar-refractivity contribution in [1.29, 1.82) is 0 Å². The number of hydrogen-bond acceptors (Lipinski definition) is 2. The Bertz CT molecular complexity index is 187. The molecule has 0 radical (unpaired) electrons. The Morgan fingerprint density at radius 1 is 1.50 bits per heavy atom. The van der Waals surface area contributed by atoms with Crippen molar-refractivity contribution in [3.63, 3.8) is 0 Å². The van der Waals surface area contributed by atoms with E-state index in [-0.39, 0.29) is 36.0 Å². The first-order chi connectivity index (χ1) is 5.89. The minimum atomic E-state index is -0.333. The maximum absolute atomic E-state index is 10.9. The molecular weight excluding hydrogens is 293 g/mol. The van der Waals surface area contributed by atoms with Gasteiger partial charge in [0, 0.05) is 6.08 Å². The van der Waals surface area contributed by atoms with Gasteiger partial charge in [0.1, 0.15) is 6.54 Å². The first-order valence-electron chi connectivity index (χ1n) is 4.52. The minimum Gasteiger partial charge on any atom is -1.00 e. The number of ether oxygens (including phenoxy) is 1. The third-order valence-electron chi connectivity index (χ3n) is 1.66. The molecule has 0 heterocycles. The van der Waals surface area contributed by atoms with Crippen molar-refractivity contribution in [3.05, 3.63) is 12.7 Å². The van der Waals surface area contributed by atoms with Gasteiger partial charge in [0.05, 0.1) is 21.1 Å². The molecule has 0 aromatic carbocycles. The number of esters is 1. The fourth-order valence-corrected chi connectivity index (χ4v) is 1.07. The standard InChI is InChI=1S/C10H20NO2.HI/c1-6-9(8-11(3,4)5)13-10(12)7-2;/h7,9H,2,6,8H2,1,3-5H3;1H/q+1;/p-1. The zero-order chi connectivity index (χ0) is 10.5. The van der Waals surface area contributed by atoms with Crippen LogP contribution in [0.15, 0.2) is 12.7 Å². The molecule has 0 aromatic rings. The summed E-state index contributed by atoms with van der Waals surface area (Å²) in [5.41, 5.74) is 0. The molecule has 0 N–H and O–H groups in total. The molecule has 0 aliphatic heterocycles. The molecule has 84 valence electrons. The highest BCUT2D eigenvalue weighted by atomic mass is 127. The molecule has 0 aliphatic rings. The van der Waals surface area contributed by atoms with Crippen molar-refractivity contribution in [1.82, 2.24) is 0 Å². The Balaban J connectivity index is 0. The maximum Gasteiger partial charge on any atom is 0.330 e. The highest BCUT2D eigenvalue weighted by Gasteiger charge is 2.18. The Hall–Kier alpha value is -0.100. The van der Waals surface area contributed by atoms with E-state index in [0.717, 1.165) is 17.4 Å². The number of rotatable bonds is 5. The lowest BCUT2D eigenvalue weighted by Crippen LogP contribution is -3.00. The van der Waals surface area contributed by atoms with E-state index in [1.807, 2.05) is 6.92 Å². The molecule has 4 heteroatoms. The summed E-state index contributed by atoms with van der Waals surface area (Å²) in [4.78, 5) is 10.9. The number of likely N-dealkylation sites (N-methyl/N-ethyl adjacent to an activating group) is 1. The van der Waals surface area contributed by atoms with E-state index in [1.165, 1.54) is 6.08 Å². The molecule has 0 spiro atoms. The average molecular weight is 313 g/mol. The van der Waals surface area contributed by atoms with Gasteiger partial charge in [-0.15, -0.1) is 0 Å². The summed E-state index contributed by atoms with van der Waals surface area (Å²) >= 11 is 0. The molecule has 0 saturated heterocycles. The van der Waals surface area contributed by atoms with Crippen molar-refractivity contribution >= 4 is 5.97 Å². The summed E-state index contributed by atoms with van der Waals surface area (Å²) in [6.07, 6.45) is 2.04. The zero-order valence-corrected chi connectivity index (χ0v) is 11.6. The molecule has 0 amide bonds. The lowest BCUT2D eigenvalue weighted by atomic mass is 10.2. The summed E-state index contributed by atoms with van der Waals surface area (Å²) < 4.78 is 5.95. The molecule has 0 aromatic heterocycles. The normalized spacial score (nSPS) is 12.6. The average Bonchev–Trinajstić information content (AvgIpc) is 2.00. The maximum atomic E-state index is 10.9. The largest absolute Gasteiger partial charge is 1.00 e. The smallest absolute Gasteiger partial charge is 0.330 e. The van der Waals surface area contributed by atoms with E-state index in [4.69, 9.17) is 4.74 Å². The van der Waals surface area contributed by atoms with Crippen molar-refractivity contribution in [2.45, 2.75) is 19.4 Å². The van der Waals surface area contributed by atoms with Crippen LogP contribution >= 0.6 is 0 Å². The number of quaternary nitrogens is 1. The first kappa shape index (κ1) is 16.3. The lowest BCUT2D eigenvalue weighted by Gasteiger charge is -2.28. The van der Waals surface area contributed by atoms with E-state index in [1.54, 1.807) is 0 Å². The fourth-order valence-electron chi connectivity index (χ4n) is 1.07. The number of carbonyl (C=O) groups is 1. The molecule has 3 nitrogen and oxygen atoms in total. The third kappa shape index (κ3) is 8.50. The van der Waals surface area contributed by atoms with E-state index in [2.05, 4.69) is 27.7 Å². The molecule has 0 fully saturated rings. The van der Waals surface area contributed by atoms with Crippen LogP contribution < -0.4 is 24.0 Å². The monoisotopic (exact) mass is 313 g/mol. The molecule has 1 atom stereocenters. The van der Waals surface area contributed by atoms with E-state index in [0.29, 0.717) is 0 Å². The molecule has 14 heavy (non-hydrogen) atoms. The quantitative estimate of drug-likeness (QED) is 0.259. The predicted octanol–water partition coefficient (Wildman–Crippen LogP) is -1.80. The summed E-state index contributed by atoms with van der Waals surface area (Å²) in [5, 5.41) is 0. The minimum absolute atomic E-state index is 0. The van der Waals surface area contributed by atoms with Gasteiger partial charge >= 0.3 is 5.97 Å². The summed E-state index contributed by atoms with van der Waals surface area (Å²) in [5.74, 6) is -0.333. The van der Waals surface area contributed by atoms with Gasteiger partial charge in [-0.05, 0) is 6.42 Å². The SMILES string of the molecule is C=CC(=O)OC(CC)C[N+](C)(C)C.[I-]. The Kier molecular flexibility index (Phi) is 8.43. The van der Waals surface area contributed by atoms with Crippen LogP contribution in [0.3, 0.4) is 0 Å². The van der Waals surface area contributed by atoms with Crippen molar-refractivity contribution in [2.24, 2.45) is 0 Å². The third-order valence-corrected chi connectivity index (χ3v) is 1.66. The number of nitrogens with zero attached hydrogens (tertiary/aromatic N) is 1. The summed E-state index contributed by atoms with van der Waals surface area (Å²) in [6, 6.07) is 0. The van der Waals surface area contributed by atoms with Crippen molar-refractivity contribution < 1.29 is 38.0 Å². The second-order valence-electron chi connectivity index (χ2n) is 4.14. The van der Waals surface area contributed by atoms with Gasteiger partial charge < -0.3 is 33.2 Å². The van der Waals surface area contributed by atoms with Crippen LogP contribution in [-0.4, -0.2) is 44.2 Å². The number of hydrogen-bond donors (Lipinski definition) is 0. The van der Waals surface area contributed by atoms with Crippen LogP contribution in [0, 0.1) is 0 Å². The summed E-state index contributed by atoms with van der Waals surface area (Å²) in [6.45, 7) is 6.20. The van der Waals surface area contributed by atoms with Crippen LogP contribution in [0.25, 0.3) is 0 Å². The second kappa shape index (κ2) is 7.23. The van der Waals surface area contributed by atoms with Crippen LogP contribution in [-0.2, 0) is 9.53 Å². The van der Waals surface area contributed by atoms with Gasteiger partial charge in [-0.1, -0.05) is 13.5 Å². The molecular formula is C10H20INO2. The number of carbonyl (C=O) groups excluding carboxylic acids is 1. The Morgan fingerprint density at radius 2 is 2.00 bits per heavy atom. The van der Waals surface area contributed by atoms with Crippen LogP contribution in [0.5, 0.6) is 0 Å². The van der Waals surface area contributed by atoms with Gasteiger partial charge in [-0.3, -0.25) is 0 Å². The first-order valence-corrected chi connectivity index (χ1v) is 4.52. The molecule has 0 rings (SSSR count). The second-order valence-corrected chi connectivity index (χ2v) is 4.14. The molecule has 0 bridgehead atoms. The van der Waals surface area contributed by atoms with Gasteiger partial charge in [0.25, 0.3) is 0 Å². The molecule has 0 aliphatic carbocycles. The topological polar surface area (TPSA) is 26.3 Å². The van der Waals surface area contributed by atoms with Gasteiger partial charge in [0.2, 0.25) is 0 Å². The predicted molar refractivity (Wildman–Crippen MR) is 53.3 cm³/mol. The van der Waals surface area contributed by atoms with Crippen molar-refractivity contribution in [3.8, 4) is 0 Å². The van der Waals surface area contributed by atoms with Gasteiger partial charge in [-0.25, -0.2) is 4.79 Å². The number of halogens is 1.